The van der Waals surface area contributed by atoms with Gasteiger partial charge in [-0.25, -0.2) is 5.43 Å². The second-order valence-electron chi connectivity index (χ2n) is 13.1. The maximum atomic E-state index is 14.0. The highest BCUT2D eigenvalue weighted by molar-refractivity contribution is 6.31. The fraction of sp³-hybridized carbons (Fsp3) is 0.543. The Morgan fingerprint density at radius 3 is 2.52 bits per heavy atom. The smallest absolute Gasteiger partial charge is 0.239 e. The van der Waals surface area contributed by atoms with Crippen molar-refractivity contribution in [3.63, 3.8) is 0 Å². The van der Waals surface area contributed by atoms with Gasteiger partial charge in [0.1, 0.15) is 29.0 Å². The number of rotatable bonds is 9. The minimum atomic E-state index is -2.07. The summed E-state index contributed by atoms with van der Waals surface area (Å²) in [7, 11) is 1.34. The molecule has 0 radical (unpaired) electrons. The SMILES string of the molecule is CCC(=O)N/N=C(/CO)[C@]1(O)Cc2c(O)c3c(c(O)c2[C@@H](O[C@H]2C[C@H](N)[C@H](O[C@@H]4CCCCO4)[C@H](C)O2)C1)C(=O)c1c(OC)cccc1C3=O. The molecule has 2 fully saturated rings. The summed E-state index contributed by atoms with van der Waals surface area (Å²) in [5.41, 5.74) is 5.35. The molecule has 15 heteroatoms. The summed E-state index contributed by atoms with van der Waals surface area (Å²) in [5, 5.41) is 50.0. The highest BCUT2D eigenvalue weighted by Gasteiger charge is 2.50. The first kappa shape index (κ1) is 35.9. The van der Waals surface area contributed by atoms with Crippen LogP contribution in [-0.4, -0.2) is 100 Å². The van der Waals surface area contributed by atoms with E-state index in [0.29, 0.717) is 6.61 Å². The largest absolute Gasteiger partial charge is 0.507 e. The summed E-state index contributed by atoms with van der Waals surface area (Å²) in [5.74, 6) is -3.15. The molecule has 0 bridgehead atoms. The molecule has 4 aliphatic rings. The normalized spacial score (nSPS) is 29.5. The Morgan fingerprint density at radius 2 is 1.86 bits per heavy atom. The molecule has 2 aromatic rings. The third-order valence-electron chi connectivity index (χ3n) is 9.88. The molecule has 0 saturated carbocycles. The highest BCUT2D eigenvalue weighted by atomic mass is 16.7. The summed E-state index contributed by atoms with van der Waals surface area (Å²) in [6.07, 6.45) is -1.81. The molecule has 270 valence electrons. The molecule has 50 heavy (non-hydrogen) atoms. The van der Waals surface area contributed by atoms with Gasteiger partial charge in [-0.2, -0.15) is 5.10 Å². The van der Waals surface area contributed by atoms with Crippen LogP contribution in [-0.2, 0) is 30.2 Å². The molecular formula is C35H43N3O12. The van der Waals surface area contributed by atoms with Gasteiger partial charge in [-0.3, -0.25) is 14.4 Å². The van der Waals surface area contributed by atoms with E-state index in [4.69, 9.17) is 29.4 Å². The minimum Gasteiger partial charge on any atom is -0.507 e. The molecule has 2 heterocycles. The quantitative estimate of drug-likeness (QED) is 0.107. The Balaban J connectivity index is 1.41. The number of methoxy groups -OCH3 is 1. The van der Waals surface area contributed by atoms with Gasteiger partial charge in [-0.1, -0.05) is 19.1 Å². The van der Waals surface area contributed by atoms with E-state index in [1.54, 1.807) is 13.8 Å². The molecule has 2 saturated heterocycles. The van der Waals surface area contributed by atoms with Crippen LogP contribution in [0.1, 0.15) is 101 Å². The Kier molecular flexibility index (Phi) is 10.3. The number of aliphatic hydroxyl groups is 2. The minimum absolute atomic E-state index is 0.0377. The summed E-state index contributed by atoms with van der Waals surface area (Å²) < 4.78 is 29.8. The molecule has 0 aromatic heterocycles. The van der Waals surface area contributed by atoms with Crippen LogP contribution in [0.4, 0.5) is 0 Å². The van der Waals surface area contributed by atoms with Gasteiger partial charge in [0.15, 0.2) is 18.4 Å². The first-order valence-electron chi connectivity index (χ1n) is 16.8. The molecule has 7 N–H and O–H groups in total. The number of aromatic hydroxyl groups is 2. The molecule has 1 amide bonds. The number of nitrogens with one attached hydrogen (secondary N) is 1. The van der Waals surface area contributed by atoms with Crippen molar-refractivity contribution in [3.05, 3.63) is 51.6 Å². The van der Waals surface area contributed by atoms with Gasteiger partial charge < -0.3 is 49.8 Å². The number of benzene rings is 2. The van der Waals surface area contributed by atoms with Crippen LogP contribution >= 0.6 is 0 Å². The highest BCUT2D eigenvalue weighted by Crippen LogP contribution is 2.52. The monoisotopic (exact) mass is 697 g/mol. The second-order valence-corrected chi connectivity index (χ2v) is 13.1. The lowest BCUT2D eigenvalue weighted by molar-refractivity contribution is -0.280. The summed E-state index contributed by atoms with van der Waals surface area (Å²) in [6.45, 7) is 3.17. The first-order valence-corrected chi connectivity index (χ1v) is 16.8. The van der Waals surface area contributed by atoms with Crippen molar-refractivity contribution >= 4 is 23.2 Å². The summed E-state index contributed by atoms with van der Waals surface area (Å²) >= 11 is 0. The lowest BCUT2D eigenvalue weighted by Crippen LogP contribution is -2.55. The van der Waals surface area contributed by atoms with Crippen LogP contribution in [0.15, 0.2) is 23.3 Å². The number of hydrogen-bond acceptors (Lipinski definition) is 14. The van der Waals surface area contributed by atoms with Crippen molar-refractivity contribution in [3.8, 4) is 17.2 Å². The van der Waals surface area contributed by atoms with Gasteiger partial charge >= 0.3 is 0 Å². The number of amides is 1. The maximum absolute atomic E-state index is 14.0. The summed E-state index contributed by atoms with van der Waals surface area (Å²) in [4.78, 5) is 39.9. The first-order chi connectivity index (χ1) is 23.9. The Bertz CT molecular complexity index is 1690. The third kappa shape index (κ3) is 6.38. The van der Waals surface area contributed by atoms with E-state index >= 15 is 0 Å². The van der Waals surface area contributed by atoms with Crippen molar-refractivity contribution in [2.45, 2.75) is 101 Å². The van der Waals surface area contributed by atoms with Crippen LogP contribution in [0.2, 0.25) is 0 Å². The fourth-order valence-electron chi connectivity index (χ4n) is 7.30. The molecular weight excluding hydrogens is 654 g/mol. The van der Waals surface area contributed by atoms with Crippen molar-refractivity contribution in [2.24, 2.45) is 10.8 Å². The number of nitrogens with zero attached hydrogens (tertiary/aromatic N) is 1. The van der Waals surface area contributed by atoms with Gasteiger partial charge in [0.05, 0.1) is 48.3 Å². The van der Waals surface area contributed by atoms with Crippen LogP contribution in [0.3, 0.4) is 0 Å². The van der Waals surface area contributed by atoms with E-state index in [9.17, 15) is 34.8 Å². The van der Waals surface area contributed by atoms with Crippen molar-refractivity contribution < 1.29 is 58.5 Å². The number of ether oxygens (including phenoxy) is 5. The van der Waals surface area contributed by atoms with Gasteiger partial charge in [0, 0.05) is 55.0 Å². The van der Waals surface area contributed by atoms with Gasteiger partial charge in [0.25, 0.3) is 0 Å². The number of aliphatic hydroxyl groups excluding tert-OH is 1. The Labute approximate surface area is 288 Å². The average molecular weight is 698 g/mol. The second kappa shape index (κ2) is 14.3. The fourth-order valence-corrected chi connectivity index (χ4v) is 7.30. The number of ketones is 2. The van der Waals surface area contributed by atoms with Crippen LogP contribution in [0.5, 0.6) is 17.2 Å². The van der Waals surface area contributed by atoms with Crippen LogP contribution in [0.25, 0.3) is 0 Å². The van der Waals surface area contributed by atoms with E-state index in [2.05, 4.69) is 10.5 Å². The zero-order chi connectivity index (χ0) is 35.9. The molecule has 2 aliphatic carbocycles. The van der Waals surface area contributed by atoms with E-state index in [0.717, 1.165) is 19.3 Å². The number of hydrogen-bond donors (Lipinski definition) is 6. The van der Waals surface area contributed by atoms with Gasteiger partial charge in [-0.15, -0.1) is 0 Å². The van der Waals surface area contributed by atoms with Crippen LogP contribution in [0, 0.1) is 0 Å². The Hall–Kier alpha value is -3.96. The van der Waals surface area contributed by atoms with Crippen LogP contribution < -0.4 is 15.9 Å². The number of carbonyl (C=O) groups is 3. The van der Waals surface area contributed by atoms with Crippen molar-refractivity contribution in [2.75, 3.05) is 20.3 Å². The molecule has 0 spiro atoms. The molecule has 0 unspecified atom stereocenters. The lowest BCUT2D eigenvalue weighted by Gasteiger charge is -2.44. The molecule has 6 rings (SSSR count). The summed E-state index contributed by atoms with van der Waals surface area (Å²) in [6, 6.07) is 3.87. The molecule has 2 aromatic carbocycles. The maximum Gasteiger partial charge on any atom is 0.239 e. The number of nitrogens with two attached hydrogens (primary N) is 1. The van der Waals surface area contributed by atoms with E-state index in [1.165, 1.54) is 25.3 Å². The van der Waals surface area contributed by atoms with Crippen molar-refractivity contribution in [1.29, 1.82) is 0 Å². The van der Waals surface area contributed by atoms with Gasteiger partial charge in [0.2, 0.25) is 11.7 Å². The van der Waals surface area contributed by atoms with E-state index in [-0.39, 0.29) is 53.0 Å². The predicted molar refractivity (Wildman–Crippen MR) is 175 cm³/mol. The standard InChI is InChI=1S/C35H43N3O12/c1-4-23(40)38-37-22(15-39)35(45)13-18-27(21(14-35)49-25-12-19(36)34(16(2)48-25)50-24-10-5-6-11-47-24)33(44)29-28(31(18)42)30(41)17-8-7-9-20(46-3)26(17)32(29)43/h7-9,16,19,21,24-25,34,39,42,44-45H,4-6,10-15,36H2,1-3H3,(H,38,40)/b37-22-/t16-,19-,21-,24+,25-,34+,35-/m0/s1. The zero-order valence-corrected chi connectivity index (χ0v) is 28.1. The van der Waals surface area contributed by atoms with Crippen molar-refractivity contribution in [1.82, 2.24) is 5.43 Å². The van der Waals surface area contributed by atoms with Gasteiger partial charge in [-0.05, 0) is 32.3 Å². The number of phenols is 2. The predicted octanol–water partition coefficient (Wildman–Crippen LogP) is 1.87. The molecule has 2 aliphatic heterocycles. The van der Waals surface area contributed by atoms with E-state index in [1.807, 2.05) is 0 Å². The zero-order valence-electron chi connectivity index (χ0n) is 28.1. The Morgan fingerprint density at radius 1 is 1.10 bits per heavy atom. The number of fused-ring (bicyclic) bond motifs is 3. The molecule has 7 atom stereocenters. The topological polar surface area (TPSA) is 229 Å². The third-order valence-corrected chi connectivity index (χ3v) is 9.88. The average Bonchev–Trinajstić information content (AvgIpc) is 3.10. The number of hydrazone groups is 1. The number of carbonyl (C=O) groups excluding carboxylic acids is 3. The molecule has 15 nitrogen and oxygen atoms in total. The van der Waals surface area contributed by atoms with E-state index < -0.39 is 95.7 Å². The number of phenolic OH excluding ortho intramolecular Hbond substituents is 2. The lowest BCUT2D eigenvalue weighted by atomic mass is 9.71.